The van der Waals surface area contributed by atoms with E-state index in [1.807, 2.05) is 0 Å². The van der Waals surface area contributed by atoms with E-state index in [-0.39, 0.29) is 6.10 Å². The van der Waals surface area contributed by atoms with Crippen LogP contribution in [0.2, 0.25) is 0 Å². The summed E-state index contributed by atoms with van der Waals surface area (Å²) in [6.45, 7) is 5.09. The molecule has 20 heavy (non-hydrogen) atoms. The van der Waals surface area contributed by atoms with Gasteiger partial charge in [-0.05, 0) is 80.5 Å². The maximum atomic E-state index is 9.99. The Labute approximate surface area is 125 Å². The van der Waals surface area contributed by atoms with Gasteiger partial charge in [0.25, 0.3) is 0 Å². The van der Waals surface area contributed by atoms with Crippen LogP contribution in [0.5, 0.6) is 0 Å². The van der Waals surface area contributed by atoms with Gasteiger partial charge in [-0.3, -0.25) is 0 Å². The van der Waals surface area contributed by atoms with E-state index in [2.05, 4.69) is 13.8 Å². The Hall–Kier alpha value is -0.0400. The summed E-state index contributed by atoms with van der Waals surface area (Å²) in [6, 6.07) is 0. The van der Waals surface area contributed by atoms with Crippen LogP contribution in [0.1, 0.15) is 90.9 Å². The molecule has 4 unspecified atom stereocenters. The Bertz CT molecular complexity index is 331. The van der Waals surface area contributed by atoms with Crippen LogP contribution in [0.3, 0.4) is 0 Å². The van der Waals surface area contributed by atoms with E-state index in [4.69, 9.17) is 0 Å². The highest BCUT2D eigenvalue weighted by Gasteiger charge is 2.47. The molecular weight excluding hydrogens is 244 g/mol. The second kappa shape index (κ2) is 5.63. The lowest BCUT2D eigenvalue weighted by Crippen LogP contribution is -2.44. The third-order valence-electron chi connectivity index (χ3n) is 7.45. The molecule has 0 aromatic rings. The molecule has 1 N–H and O–H groups in total. The van der Waals surface area contributed by atoms with Crippen molar-refractivity contribution < 1.29 is 5.11 Å². The van der Waals surface area contributed by atoms with E-state index in [0.29, 0.717) is 10.8 Å². The zero-order chi connectivity index (χ0) is 14.2. The highest BCUT2D eigenvalue weighted by atomic mass is 16.3. The van der Waals surface area contributed by atoms with Gasteiger partial charge in [0, 0.05) is 0 Å². The van der Waals surface area contributed by atoms with Crippen molar-refractivity contribution in [2.45, 2.75) is 97.0 Å². The molecule has 3 aliphatic rings. The molecule has 1 heteroatoms. The second-order valence-corrected chi connectivity index (χ2v) is 8.82. The summed E-state index contributed by atoms with van der Waals surface area (Å²) in [4.78, 5) is 0. The molecule has 0 heterocycles. The van der Waals surface area contributed by atoms with Crippen LogP contribution in [0, 0.1) is 22.7 Å². The average Bonchev–Trinajstić information content (AvgIpc) is 2.85. The summed E-state index contributed by atoms with van der Waals surface area (Å²) in [5, 5.41) is 9.99. The summed E-state index contributed by atoms with van der Waals surface area (Å²) in [5.41, 5.74) is 1.21. The normalized spacial score (nSPS) is 44.2. The molecule has 0 radical (unpaired) electrons. The molecule has 0 bridgehead atoms. The highest BCUT2D eigenvalue weighted by Crippen LogP contribution is 2.56. The molecule has 0 aromatic heterocycles. The fourth-order valence-electron chi connectivity index (χ4n) is 5.80. The summed E-state index contributed by atoms with van der Waals surface area (Å²) < 4.78 is 0. The quantitative estimate of drug-likeness (QED) is 0.741. The van der Waals surface area contributed by atoms with E-state index in [1.54, 1.807) is 0 Å². The number of fused-ring (bicyclic) bond motifs is 1. The molecular formula is C19H34O. The molecule has 3 rings (SSSR count). The van der Waals surface area contributed by atoms with Crippen molar-refractivity contribution in [1.29, 1.82) is 0 Å². The van der Waals surface area contributed by atoms with Gasteiger partial charge in [-0.1, -0.05) is 33.1 Å². The minimum absolute atomic E-state index is 0.000764. The van der Waals surface area contributed by atoms with Crippen molar-refractivity contribution in [3.8, 4) is 0 Å². The van der Waals surface area contributed by atoms with Crippen LogP contribution in [-0.4, -0.2) is 11.2 Å². The lowest BCUT2D eigenvalue weighted by molar-refractivity contribution is -0.0518. The smallest absolute Gasteiger partial charge is 0.0543 e. The van der Waals surface area contributed by atoms with Crippen LogP contribution in [0.15, 0.2) is 0 Å². The van der Waals surface area contributed by atoms with Gasteiger partial charge in [0.15, 0.2) is 0 Å². The molecule has 4 atom stereocenters. The van der Waals surface area contributed by atoms with Crippen LogP contribution >= 0.6 is 0 Å². The Morgan fingerprint density at radius 3 is 2.45 bits per heavy atom. The lowest BCUT2D eigenvalue weighted by Gasteiger charge is -2.52. The average molecular weight is 278 g/mol. The van der Waals surface area contributed by atoms with E-state index >= 15 is 0 Å². The first-order valence-electron chi connectivity index (χ1n) is 9.20. The maximum Gasteiger partial charge on any atom is 0.0543 e. The highest BCUT2D eigenvalue weighted by molar-refractivity contribution is 4.97. The summed E-state index contributed by atoms with van der Waals surface area (Å²) in [7, 11) is 0. The number of aliphatic hydroxyl groups excluding tert-OH is 1. The molecule has 1 nitrogen and oxygen atoms in total. The minimum atomic E-state index is -0.000764. The second-order valence-electron chi connectivity index (χ2n) is 8.82. The topological polar surface area (TPSA) is 20.2 Å². The Morgan fingerprint density at radius 2 is 1.70 bits per heavy atom. The van der Waals surface area contributed by atoms with Crippen molar-refractivity contribution in [2.24, 2.45) is 22.7 Å². The third kappa shape index (κ3) is 2.80. The monoisotopic (exact) mass is 278 g/mol. The van der Waals surface area contributed by atoms with Crippen molar-refractivity contribution in [2.75, 3.05) is 0 Å². The van der Waals surface area contributed by atoms with Crippen LogP contribution in [0.25, 0.3) is 0 Å². The first-order valence-corrected chi connectivity index (χ1v) is 9.20. The molecule has 0 aliphatic heterocycles. The van der Waals surface area contributed by atoms with E-state index in [9.17, 15) is 5.11 Å². The van der Waals surface area contributed by atoms with Gasteiger partial charge in [-0.2, -0.15) is 0 Å². The summed E-state index contributed by atoms with van der Waals surface area (Å²) in [5.74, 6) is 1.74. The predicted octanol–water partition coefficient (Wildman–Crippen LogP) is 5.31. The number of aliphatic hydroxyl groups is 1. The molecule has 0 amide bonds. The van der Waals surface area contributed by atoms with Gasteiger partial charge in [0.2, 0.25) is 0 Å². The van der Waals surface area contributed by atoms with Gasteiger partial charge >= 0.3 is 0 Å². The molecule has 0 spiro atoms. The zero-order valence-corrected chi connectivity index (χ0v) is 13.7. The number of hydrogen-bond acceptors (Lipinski definition) is 1. The number of rotatable bonds is 3. The summed E-state index contributed by atoms with van der Waals surface area (Å²) >= 11 is 0. The molecule has 3 saturated carbocycles. The predicted molar refractivity (Wildman–Crippen MR) is 84.6 cm³/mol. The van der Waals surface area contributed by atoms with E-state index in [0.717, 1.165) is 24.7 Å². The minimum Gasteiger partial charge on any atom is -0.393 e. The van der Waals surface area contributed by atoms with Crippen molar-refractivity contribution in [3.63, 3.8) is 0 Å². The molecule has 0 aromatic carbocycles. The van der Waals surface area contributed by atoms with E-state index in [1.165, 1.54) is 64.2 Å². The number of hydrogen-bond donors (Lipinski definition) is 1. The van der Waals surface area contributed by atoms with Gasteiger partial charge in [-0.25, -0.2) is 0 Å². The van der Waals surface area contributed by atoms with Crippen molar-refractivity contribution in [1.82, 2.24) is 0 Å². The van der Waals surface area contributed by atoms with Gasteiger partial charge in [-0.15, -0.1) is 0 Å². The van der Waals surface area contributed by atoms with E-state index < -0.39 is 0 Å². The van der Waals surface area contributed by atoms with Gasteiger partial charge in [0.1, 0.15) is 0 Å². The van der Waals surface area contributed by atoms with Crippen molar-refractivity contribution in [3.05, 3.63) is 0 Å². The van der Waals surface area contributed by atoms with Crippen molar-refractivity contribution >= 4 is 0 Å². The van der Waals surface area contributed by atoms with Gasteiger partial charge in [0.05, 0.1) is 6.10 Å². The summed E-state index contributed by atoms with van der Waals surface area (Å²) in [6.07, 6.45) is 16.5. The molecule has 116 valence electrons. The van der Waals surface area contributed by atoms with Crippen LogP contribution in [-0.2, 0) is 0 Å². The fraction of sp³-hybridized carbons (Fsp3) is 1.00. The Balaban J connectivity index is 1.63. The SMILES string of the molecule is CC1(CCC2CCCC3CC(O)CCC23C)CCCC1. The molecule has 0 saturated heterocycles. The third-order valence-corrected chi connectivity index (χ3v) is 7.45. The first-order chi connectivity index (χ1) is 9.52. The fourth-order valence-corrected chi connectivity index (χ4v) is 5.80. The molecule has 3 fully saturated rings. The van der Waals surface area contributed by atoms with Crippen LogP contribution in [0.4, 0.5) is 0 Å². The zero-order valence-electron chi connectivity index (χ0n) is 13.7. The first kappa shape index (κ1) is 14.9. The molecule has 3 aliphatic carbocycles. The lowest BCUT2D eigenvalue weighted by atomic mass is 9.54. The largest absolute Gasteiger partial charge is 0.393 e. The van der Waals surface area contributed by atoms with Crippen LogP contribution < -0.4 is 0 Å². The standard InChI is InChI=1S/C19H34O/c1-18(10-3-4-11-18)12-8-15-6-5-7-16-14-17(20)9-13-19(15,16)2/h15-17,20H,3-14H2,1-2H3. The Kier molecular flexibility index (Phi) is 4.19. The Morgan fingerprint density at radius 1 is 0.950 bits per heavy atom. The maximum absolute atomic E-state index is 9.99. The van der Waals surface area contributed by atoms with Gasteiger partial charge < -0.3 is 5.11 Å².